The van der Waals surface area contributed by atoms with E-state index in [4.69, 9.17) is 0 Å². The fourth-order valence-corrected chi connectivity index (χ4v) is 2.56. The second-order valence-electron chi connectivity index (χ2n) is 3.09. The highest BCUT2D eigenvalue weighted by atomic mass is 32.1. The zero-order valence-corrected chi connectivity index (χ0v) is 8.22. The molecule has 0 radical (unpaired) electrons. The fourth-order valence-electron chi connectivity index (χ4n) is 1.54. The fraction of sp³-hybridized carbons (Fsp3) is 0. The van der Waals surface area contributed by atoms with Gasteiger partial charge in [-0.25, -0.2) is 4.79 Å². The van der Waals surface area contributed by atoms with Crippen molar-refractivity contribution in [2.24, 2.45) is 0 Å². The molecule has 74 valence electrons. The van der Waals surface area contributed by atoms with Gasteiger partial charge < -0.3 is 4.98 Å². The first-order chi connectivity index (χ1) is 7.25. The van der Waals surface area contributed by atoms with E-state index in [1.54, 1.807) is 18.5 Å². The molecule has 15 heavy (non-hydrogen) atoms. The lowest BCUT2D eigenvalue weighted by molar-refractivity contribution is 1.09. The summed E-state index contributed by atoms with van der Waals surface area (Å²) in [5.74, 6) is 0. The molecule has 6 heteroatoms. The maximum Gasteiger partial charge on any atom is 0.326 e. The lowest BCUT2D eigenvalue weighted by Crippen LogP contribution is -2.20. The van der Waals surface area contributed by atoms with E-state index in [2.05, 4.69) is 15.0 Å². The maximum absolute atomic E-state index is 11.5. The topological polar surface area (TPSA) is 78.6 Å². The first-order valence-electron chi connectivity index (χ1n) is 4.24. The summed E-state index contributed by atoms with van der Waals surface area (Å²) < 4.78 is 1.41. The van der Waals surface area contributed by atoms with Gasteiger partial charge in [0.25, 0.3) is 5.56 Å². The van der Waals surface area contributed by atoms with Gasteiger partial charge in [-0.05, 0) is 6.07 Å². The Kier molecular flexibility index (Phi) is 1.54. The van der Waals surface area contributed by atoms with Crippen molar-refractivity contribution in [3.63, 3.8) is 0 Å². The Bertz CT molecular complexity index is 768. The first kappa shape index (κ1) is 8.37. The monoisotopic (exact) mass is 219 g/mol. The minimum atomic E-state index is -0.482. The van der Waals surface area contributed by atoms with Gasteiger partial charge in [0.1, 0.15) is 4.70 Å². The Balaban J connectivity index is 2.73. The third kappa shape index (κ3) is 1.11. The van der Waals surface area contributed by atoms with Gasteiger partial charge in [-0.2, -0.15) is 0 Å². The predicted molar refractivity (Wildman–Crippen MR) is 58.4 cm³/mol. The quantitative estimate of drug-likeness (QED) is 0.587. The minimum absolute atomic E-state index is 0.352. The molecule has 0 unspecified atom stereocenters. The number of hydrogen-bond acceptors (Lipinski definition) is 4. The Morgan fingerprint density at radius 3 is 3.00 bits per heavy atom. The molecular weight excluding hydrogens is 214 g/mol. The Morgan fingerprint density at radius 1 is 1.27 bits per heavy atom. The number of hydrogen-bond donors (Lipinski definition) is 2. The first-order valence-corrected chi connectivity index (χ1v) is 5.06. The van der Waals surface area contributed by atoms with E-state index in [1.165, 1.54) is 11.3 Å². The molecule has 0 fully saturated rings. The number of fused-ring (bicyclic) bond motifs is 3. The summed E-state index contributed by atoms with van der Waals surface area (Å²) in [4.78, 5) is 31.4. The smallest absolute Gasteiger partial charge is 0.305 e. The van der Waals surface area contributed by atoms with Crippen LogP contribution < -0.4 is 11.2 Å². The zero-order chi connectivity index (χ0) is 10.4. The molecule has 0 bridgehead atoms. The molecule has 0 aromatic carbocycles. The van der Waals surface area contributed by atoms with Crippen LogP contribution in [0.5, 0.6) is 0 Å². The molecular formula is C9H5N3O2S. The van der Waals surface area contributed by atoms with Crippen LogP contribution in [0.4, 0.5) is 0 Å². The van der Waals surface area contributed by atoms with E-state index in [1.807, 2.05) is 0 Å². The molecule has 3 aromatic heterocycles. The SMILES string of the molecule is O=c1[nH]c(=O)c2sc3cnccc3c2[nH]1. The minimum Gasteiger partial charge on any atom is -0.305 e. The van der Waals surface area contributed by atoms with Crippen LogP contribution >= 0.6 is 11.3 Å². The van der Waals surface area contributed by atoms with Crippen molar-refractivity contribution in [1.82, 2.24) is 15.0 Å². The zero-order valence-electron chi connectivity index (χ0n) is 7.40. The van der Waals surface area contributed by atoms with Gasteiger partial charge in [0, 0.05) is 17.8 Å². The Labute approximate surface area is 86.4 Å². The summed E-state index contributed by atoms with van der Waals surface area (Å²) in [6, 6.07) is 1.78. The third-order valence-electron chi connectivity index (χ3n) is 2.16. The normalized spacial score (nSPS) is 11.2. The number of pyridine rings is 1. The van der Waals surface area contributed by atoms with Crippen LogP contribution in [-0.4, -0.2) is 15.0 Å². The van der Waals surface area contributed by atoms with Gasteiger partial charge in [0.05, 0.1) is 10.2 Å². The van der Waals surface area contributed by atoms with Crippen LogP contribution in [0.25, 0.3) is 20.3 Å². The molecule has 0 saturated heterocycles. The number of aromatic nitrogens is 3. The number of nitrogens with zero attached hydrogens (tertiary/aromatic N) is 1. The van der Waals surface area contributed by atoms with E-state index in [9.17, 15) is 9.59 Å². The lowest BCUT2D eigenvalue weighted by atomic mass is 10.3. The van der Waals surface area contributed by atoms with Gasteiger partial charge in [-0.1, -0.05) is 0 Å². The van der Waals surface area contributed by atoms with E-state index >= 15 is 0 Å². The highest BCUT2D eigenvalue weighted by molar-refractivity contribution is 7.25. The van der Waals surface area contributed by atoms with Crippen LogP contribution in [-0.2, 0) is 0 Å². The number of nitrogens with one attached hydrogen (secondary N) is 2. The van der Waals surface area contributed by atoms with Crippen molar-refractivity contribution < 1.29 is 0 Å². The summed E-state index contributed by atoms with van der Waals surface area (Å²) >= 11 is 1.32. The summed E-state index contributed by atoms with van der Waals surface area (Å²) in [5.41, 5.74) is -0.245. The van der Waals surface area contributed by atoms with Gasteiger partial charge in [-0.15, -0.1) is 11.3 Å². The lowest BCUT2D eigenvalue weighted by Gasteiger charge is -1.88. The molecule has 3 aromatic rings. The molecule has 0 atom stereocenters. The standard InChI is InChI=1S/C9H5N3O2S/c13-8-7-6(11-9(14)12-8)4-1-2-10-3-5(4)15-7/h1-3H,(H2,11,12,13,14). The Hall–Kier alpha value is -1.95. The Morgan fingerprint density at radius 2 is 2.13 bits per heavy atom. The van der Waals surface area contributed by atoms with E-state index in [-0.39, 0.29) is 5.56 Å². The molecule has 0 saturated carbocycles. The number of rotatable bonds is 0. The van der Waals surface area contributed by atoms with E-state index < -0.39 is 5.69 Å². The van der Waals surface area contributed by atoms with Crippen molar-refractivity contribution in [1.29, 1.82) is 0 Å². The summed E-state index contributed by atoms with van der Waals surface area (Å²) in [6.45, 7) is 0. The highest BCUT2D eigenvalue weighted by Crippen LogP contribution is 2.28. The van der Waals surface area contributed by atoms with E-state index in [0.717, 1.165) is 10.1 Å². The van der Waals surface area contributed by atoms with Gasteiger partial charge in [-0.3, -0.25) is 14.8 Å². The molecule has 0 spiro atoms. The number of aromatic amines is 2. The van der Waals surface area contributed by atoms with Crippen molar-refractivity contribution in [3.05, 3.63) is 39.3 Å². The van der Waals surface area contributed by atoms with Gasteiger partial charge >= 0.3 is 5.69 Å². The number of thiophene rings is 1. The van der Waals surface area contributed by atoms with E-state index in [0.29, 0.717) is 10.2 Å². The van der Waals surface area contributed by atoms with Gasteiger partial charge in [0.15, 0.2) is 0 Å². The van der Waals surface area contributed by atoms with Crippen molar-refractivity contribution in [2.75, 3.05) is 0 Å². The van der Waals surface area contributed by atoms with Crippen molar-refractivity contribution in [2.45, 2.75) is 0 Å². The van der Waals surface area contributed by atoms with Crippen LogP contribution in [0.1, 0.15) is 0 Å². The third-order valence-corrected chi connectivity index (χ3v) is 3.30. The summed E-state index contributed by atoms with van der Waals surface area (Å²) in [6.07, 6.45) is 3.31. The average Bonchev–Trinajstić information content (AvgIpc) is 2.57. The molecule has 2 N–H and O–H groups in total. The molecule has 3 heterocycles. The van der Waals surface area contributed by atoms with Crippen molar-refractivity contribution >= 4 is 31.6 Å². The molecule has 0 amide bonds. The van der Waals surface area contributed by atoms with Crippen LogP contribution in [0.15, 0.2) is 28.0 Å². The van der Waals surface area contributed by atoms with Crippen LogP contribution in [0, 0.1) is 0 Å². The average molecular weight is 219 g/mol. The van der Waals surface area contributed by atoms with Gasteiger partial charge in [0.2, 0.25) is 0 Å². The predicted octanol–water partition coefficient (Wildman–Crippen LogP) is 0.826. The summed E-state index contributed by atoms with van der Waals surface area (Å²) in [5, 5.41) is 0.855. The maximum atomic E-state index is 11.5. The second-order valence-corrected chi connectivity index (χ2v) is 4.14. The molecule has 3 rings (SSSR count). The molecule has 0 aliphatic heterocycles. The number of H-pyrrole nitrogens is 2. The van der Waals surface area contributed by atoms with Crippen LogP contribution in [0.2, 0.25) is 0 Å². The molecule has 0 aliphatic carbocycles. The highest BCUT2D eigenvalue weighted by Gasteiger charge is 2.08. The largest absolute Gasteiger partial charge is 0.326 e. The second kappa shape index (κ2) is 2.77. The molecule has 5 nitrogen and oxygen atoms in total. The summed E-state index contributed by atoms with van der Waals surface area (Å²) in [7, 11) is 0. The van der Waals surface area contributed by atoms with Crippen molar-refractivity contribution in [3.8, 4) is 0 Å². The molecule has 0 aliphatic rings. The van der Waals surface area contributed by atoms with Crippen LogP contribution in [0.3, 0.4) is 0 Å².